The van der Waals surface area contributed by atoms with Crippen molar-refractivity contribution in [1.29, 1.82) is 0 Å². The molecular formula is C22H25N3O3. The maximum Gasteiger partial charge on any atom is 0.261 e. The maximum absolute atomic E-state index is 12.7. The molecule has 0 fully saturated rings. The summed E-state index contributed by atoms with van der Waals surface area (Å²) in [4.78, 5) is 33.9. The highest BCUT2D eigenvalue weighted by Gasteiger charge is 2.19. The maximum atomic E-state index is 12.7. The van der Waals surface area contributed by atoms with Crippen molar-refractivity contribution in [1.82, 2.24) is 14.9 Å². The monoisotopic (exact) mass is 379 g/mol. The van der Waals surface area contributed by atoms with E-state index in [0.717, 1.165) is 6.42 Å². The molecule has 0 aliphatic heterocycles. The van der Waals surface area contributed by atoms with E-state index in [1.165, 1.54) is 5.56 Å². The van der Waals surface area contributed by atoms with Crippen LogP contribution in [0.15, 0.2) is 53.3 Å². The van der Waals surface area contributed by atoms with Crippen molar-refractivity contribution in [2.24, 2.45) is 0 Å². The molecule has 0 saturated heterocycles. The van der Waals surface area contributed by atoms with Crippen LogP contribution in [0.25, 0.3) is 10.9 Å². The highest BCUT2D eigenvalue weighted by Crippen LogP contribution is 2.14. The Morgan fingerprint density at radius 1 is 1.14 bits per heavy atom. The van der Waals surface area contributed by atoms with Gasteiger partial charge in [0.1, 0.15) is 11.6 Å². The molecule has 2 aromatic carbocycles. The van der Waals surface area contributed by atoms with Crippen LogP contribution < -0.4 is 10.3 Å². The number of aryl methyl sites for hydroxylation is 1. The van der Waals surface area contributed by atoms with E-state index >= 15 is 0 Å². The van der Waals surface area contributed by atoms with Gasteiger partial charge in [0, 0.05) is 6.04 Å². The van der Waals surface area contributed by atoms with Crippen LogP contribution >= 0.6 is 0 Å². The Morgan fingerprint density at radius 3 is 2.54 bits per heavy atom. The summed E-state index contributed by atoms with van der Waals surface area (Å²) in [6.07, 6.45) is 0.956. The summed E-state index contributed by atoms with van der Waals surface area (Å²) in [7, 11) is 0. The molecule has 6 heteroatoms. The molecule has 0 saturated carbocycles. The third-order valence-electron chi connectivity index (χ3n) is 4.62. The van der Waals surface area contributed by atoms with Gasteiger partial charge in [0.05, 0.1) is 17.4 Å². The van der Waals surface area contributed by atoms with Crippen LogP contribution in [-0.4, -0.2) is 33.4 Å². The quantitative estimate of drug-likeness (QED) is 0.683. The fourth-order valence-corrected chi connectivity index (χ4v) is 2.98. The van der Waals surface area contributed by atoms with Gasteiger partial charge in [-0.3, -0.25) is 9.59 Å². The Hall–Kier alpha value is -3.15. The number of rotatable bonds is 7. The van der Waals surface area contributed by atoms with Crippen LogP contribution in [-0.2, 0) is 17.8 Å². The van der Waals surface area contributed by atoms with Crippen LogP contribution in [0.5, 0.6) is 5.75 Å². The van der Waals surface area contributed by atoms with Gasteiger partial charge in [-0.25, -0.2) is 4.98 Å². The van der Waals surface area contributed by atoms with Crippen molar-refractivity contribution < 1.29 is 9.53 Å². The first-order valence-corrected chi connectivity index (χ1v) is 9.47. The molecule has 1 amide bonds. The van der Waals surface area contributed by atoms with E-state index < -0.39 is 0 Å². The molecular weight excluding hydrogens is 354 g/mol. The Labute approximate surface area is 164 Å². The number of nitrogens with one attached hydrogen (secondary N) is 1. The fraction of sp³-hybridized carbons (Fsp3) is 0.318. The zero-order valence-electron chi connectivity index (χ0n) is 16.4. The number of aromatic amines is 1. The number of amides is 1. The largest absolute Gasteiger partial charge is 0.484 e. The fourth-order valence-electron chi connectivity index (χ4n) is 2.98. The second-order valence-corrected chi connectivity index (χ2v) is 6.93. The second-order valence-electron chi connectivity index (χ2n) is 6.93. The van der Waals surface area contributed by atoms with Crippen LogP contribution in [0.1, 0.15) is 32.2 Å². The Kier molecular flexibility index (Phi) is 6.09. The zero-order valence-corrected chi connectivity index (χ0v) is 16.4. The molecule has 0 unspecified atom stereocenters. The van der Waals surface area contributed by atoms with Gasteiger partial charge in [-0.1, -0.05) is 31.2 Å². The smallest absolute Gasteiger partial charge is 0.261 e. The minimum absolute atomic E-state index is 0.0599. The SMILES string of the molecule is CCc1ccc(OCC(=O)N(Cc2nc3ccccc3c(=O)[nH]2)C(C)C)cc1. The van der Waals surface area contributed by atoms with Gasteiger partial charge in [-0.2, -0.15) is 0 Å². The van der Waals surface area contributed by atoms with Crippen LogP contribution in [0, 0.1) is 0 Å². The Morgan fingerprint density at radius 2 is 1.86 bits per heavy atom. The van der Waals surface area contributed by atoms with Gasteiger partial charge in [-0.05, 0) is 50.1 Å². The van der Waals surface area contributed by atoms with Crippen molar-refractivity contribution in [3.05, 3.63) is 70.3 Å². The lowest BCUT2D eigenvalue weighted by Gasteiger charge is -2.26. The molecule has 28 heavy (non-hydrogen) atoms. The van der Waals surface area contributed by atoms with Gasteiger partial charge in [-0.15, -0.1) is 0 Å². The minimum Gasteiger partial charge on any atom is -0.484 e. The number of H-pyrrole nitrogens is 1. The van der Waals surface area contributed by atoms with Crippen LogP contribution in [0.4, 0.5) is 0 Å². The predicted octanol–water partition coefficient (Wildman–Crippen LogP) is 3.30. The van der Waals surface area contributed by atoms with Crippen molar-refractivity contribution >= 4 is 16.8 Å². The molecule has 0 aliphatic carbocycles. The van der Waals surface area contributed by atoms with E-state index in [-0.39, 0.29) is 30.7 Å². The van der Waals surface area contributed by atoms with E-state index in [1.807, 2.05) is 44.2 Å². The lowest BCUT2D eigenvalue weighted by molar-refractivity contribution is -0.135. The first kappa shape index (κ1) is 19.6. The van der Waals surface area contributed by atoms with Gasteiger partial charge < -0.3 is 14.6 Å². The van der Waals surface area contributed by atoms with E-state index in [2.05, 4.69) is 16.9 Å². The van der Waals surface area contributed by atoms with Crippen molar-refractivity contribution in [3.8, 4) is 5.75 Å². The predicted molar refractivity (Wildman–Crippen MR) is 109 cm³/mol. The number of nitrogens with zero attached hydrogens (tertiary/aromatic N) is 2. The molecule has 0 bridgehead atoms. The molecule has 0 spiro atoms. The average molecular weight is 379 g/mol. The number of benzene rings is 2. The second kappa shape index (κ2) is 8.69. The number of para-hydroxylation sites is 1. The molecule has 1 heterocycles. The zero-order chi connectivity index (χ0) is 20.1. The number of aromatic nitrogens is 2. The summed E-state index contributed by atoms with van der Waals surface area (Å²) in [5, 5.41) is 0.535. The van der Waals surface area contributed by atoms with Crippen molar-refractivity contribution in [2.75, 3.05) is 6.61 Å². The molecule has 146 valence electrons. The summed E-state index contributed by atoms with van der Waals surface area (Å²) < 4.78 is 5.65. The van der Waals surface area contributed by atoms with E-state index in [1.54, 1.807) is 23.1 Å². The number of ether oxygens (including phenoxy) is 1. The van der Waals surface area contributed by atoms with E-state index in [0.29, 0.717) is 22.5 Å². The molecule has 6 nitrogen and oxygen atoms in total. The van der Waals surface area contributed by atoms with Crippen LogP contribution in [0.3, 0.4) is 0 Å². The number of hydrogen-bond acceptors (Lipinski definition) is 4. The molecule has 3 rings (SSSR count). The third kappa shape index (κ3) is 4.57. The lowest BCUT2D eigenvalue weighted by atomic mass is 10.2. The summed E-state index contributed by atoms with van der Waals surface area (Å²) in [6.45, 7) is 6.08. The summed E-state index contributed by atoms with van der Waals surface area (Å²) >= 11 is 0. The summed E-state index contributed by atoms with van der Waals surface area (Å²) in [6, 6.07) is 14.8. The number of carbonyl (C=O) groups excluding carboxylic acids is 1. The van der Waals surface area contributed by atoms with Crippen molar-refractivity contribution in [3.63, 3.8) is 0 Å². The molecule has 3 aromatic rings. The first-order chi connectivity index (χ1) is 13.5. The lowest BCUT2D eigenvalue weighted by Crippen LogP contribution is -2.40. The minimum atomic E-state index is -0.205. The third-order valence-corrected chi connectivity index (χ3v) is 4.62. The van der Waals surface area contributed by atoms with Crippen molar-refractivity contribution in [2.45, 2.75) is 39.8 Å². The number of fused-ring (bicyclic) bond motifs is 1. The molecule has 0 radical (unpaired) electrons. The molecule has 1 N–H and O–H groups in total. The Balaban J connectivity index is 1.72. The standard InChI is InChI=1S/C22H25N3O3/c1-4-16-9-11-17(12-10-16)28-14-21(26)25(15(2)3)13-20-23-19-8-6-5-7-18(19)22(27)24-20/h5-12,15H,4,13-14H2,1-3H3,(H,23,24,27). The van der Waals surface area contributed by atoms with Gasteiger partial charge in [0.2, 0.25) is 0 Å². The summed E-state index contributed by atoms with van der Waals surface area (Å²) in [5.41, 5.74) is 1.63. The van der Waals surface area contributed by atoms with E-state index in [9.17, 15) is 9.59 Å². The first-order valence-electron chi connectivity index (χ1n) is 9.47. The Bertz CT molecular complexity index is 1010. The van der Waals surface area contributed by atoms with Crippen LogP contribution in [0.2, 0.25) is 0 Å². The normalized spacial score (nSPS) is 11.0. The number of hydrogen-bond donors (Lipinski definition) is 1. The van der Waals surface area contributed by atoms with E-state index in [4.69, 9.17) is 4.74 Å². The molecule has 0 aliphatic rings. The van der Waals surface area contributed by atoms with Gasteiger partial charge in [0.15, 0.2) is 6.61 Å². The topological polar surface area (TPSA) is 75.3 Å². The summed E-state index contributed by atoms with van der Waals surface area (Å²) in [5.74, 6) is 0.954. The molecule has 1 aromatic heterocycles. The average Bonchev–Trinajstić information content (AvgIpc) is 2.70. The number of carbonyl (C=O) groups is 1. The van der Waals surface area contributed by atoms with Gasteiger partial charge >= 0.3 is 0 Å². The van der Waals surface area contributed by atoms with Gasteiger partial charge in [0.25, 0.3) is 11.5 Å². The molecule has 0 atom stereocenters. The highest BCUT2D eigenvalue weighted by molar-refractivity contribution is 5.79. The highest BCUT2D eigenvalue weighted by atomic mass is 16.5.